The zero-order valence-corrected chi connectivity index (χ0v) is 11.3. The molecule has 0 radical (unpaired) electrons. The first-order valence-electron chi connectivity index (χ1n) is 6.12. The van der Waals surface area contributed by atoms with Crippen LogP contribution in [0.3, 0.4) is 0 Å². The minimum Gasteiger partial charge on any atom is -0.258 e. The van der Waals surface area contributed by atoms with Gasteiger partial charge in [0, 0.05) is 29.7 Å². The minimum atomic E-state index is -0.376. The largest absolute Gasteiger partial charge is 0.269 e. The van der Waals surface area contributed by atoms with Gasteiger partial charge in [-0.3, -0.25) is 10.1 Å². The Morgan fingerprint density at radius 2 is 1.47 bits per heavy atom. The van der Waals surface area contributed by atoms with Crippen molar-refractivity contribution >= 4 is 5.69 Å². The second-order valence-corrected chi connectivity index (χ2v) is 5.18. The number of aryl methyl sites for hydroxylation is 1. The van der Waals surface area contributed by atoms with Gasteiger partial charge in [0.1, 0.15) is 7.05 Å². The topological polar surface area (TPSA) is 47.0 Å². The van der Waals surface area contributed by atoms with Crippen LogP contribution >= 0.6 is 0 Å². The summed E-state index contributed by atoms with van der Waals surface area (Å²) in [7, 11) is 1.97. The van der Waals surface area contributed by atoms with Crippen LogP contribution in [0.2, 0.25) is 0 Å². The molecule has 1 aromatic heterocycles. The van der Waals surface area contributed by atoms with Crippen molar-refractivity contribution in [2.45, 2.75) is 19.3 Å². The molecule has 98 valence electrons. The summed E-state index contributed by atoms with van der Waals surface area (Å²) in [5.41, 5.74) is 2.19. The molecule has 2 aromatic rings. The first-order chi connectivity index (χ1) is 8.91. The summed E-state index contributed by atoms with van der Waals surface area (Å²) in [6.07, 6.45) is 4.00. The maximum Gasteiger partial charge on any atom is 0.269 e. The van der Waals surface area contributed by atoms with Crippen molar-refractivity contribution in [3.8, 4) is 0 Å². The summed E-state index contributed by atoms with van der Waals surface area (Å²) >= 11 is 0. The van der Waals surface area contributed by atoms with E-state index in [4.69, 9.17) is 0 Å². The molecule has 0 spiro atoms. The third-order valence-electron chi connectivity index (χ3n) is 3.50. The van der Waals surface area contributed by atoms with Gasteiger partial charge in [0.25, 0.3) is 5.69 Å². The summed E-state index contributed by atoms with van der Waals surface area (Å²) < 4.78 is 1.98. The van der Waals surface area contributed by atoms with Crippen molar-refractivity contribution < 1.29 is 9.49 Å². The van der Waals surface area contributed by atoms with Gasteiger partial charge in [0.2, 0.25) is 0 Å². The van der Waals surface area contributed by atoms with Crippen LogP contribution in [0, 0.1) is 10.1 Å². The van der Waals surface area contributed by atoms with Crippen molar-refractivity contribution in [1.29, 1.82) is 0 Å². The van der Waals surface area contributed by atoms with Crippen LogP contribution in [0.1, 0.15) is 25.0 Å². The summed E-state index contributed by atoms with van der Waals surface area (Å²) in [6, 6.07) is 10.9. The zero-order chi connectivity index (χ0) is 14.0. The second-order valence-electron chi connectivity index (χ2n) is 5.18. The fourth-order valence-corrected chi connectivity index (χ4v) is 2.08. The Balaban J connectivity index is 2.38. The number of pyridine rings is 1. The highest BCUT2D eigenvalue weighted by atomic mass is 16.6. The number of nitrogens with zero attached hydrogens (tertiary/aromatic N) is 2. The lowest BCUT2D eigenvalue weighted by Gasteiger charge is -2.25. The fraction of sp³-hybridized carbons (Fsp3) is 0.267. The molecule has 19 heavy (non-hydrogen) atoms. The number of hydrogen-bond acceptors (Lipinski definition) is 2. The second kappa shape index (κ2) is 4.80. The average Bonchev–Trinajstić information content (AvgIpc) is 2.39. The average molecular weight is 257 g/mol. The quantitative estimate of drug-likeness (QED) is 0.482. The van der Waals surface area contributed by atoms with Crippen LogP contribution < -0.4 is 4.57 Å². The van der Waals surface area contributed by atoms with Crippen molar-refractivity contribution in [1.82, 2.24) is 0 Å². The molecule has 0 fully saturated rings. The highest BCUT2D eigenvalue weighted by Crippen LogP contribution is 2.31. The molecule has 0 aliphatic carbocycles. The molecule has 4 nitrogen and oxygen atoms in total. The van der Waals surface area contributed by atoms with E-state index in [1.165, 1.54) is 5.56 Å². The number of non-ortho nitro benzene ring substituents is 1. The Morgan fingerprint density at radius 3 is 1.95 bits per heavy atom. The lowest BCUT2D eigenvalue weighted by molar-refractivity contribution is -0.671. The maximum absolute atomic E-state index is 10.7. The third kappa shape index (κ3) is 2.62. The predicted molar refractivity (Wildman–Crippen MR) is 72.8 cm³/mol. The van der Waals surface area contributed by atoms with Crippen LogP contribution in [-0.2, 0) is 12.5 Å². The first kappa shape index (κ1) is 13.2. The smallest absolute Gasteiger partial charge is 0.258 e. The van der Waals surface area contributed by atoms with E-state index in [0.717, 1.165) is 5.56 Å². The van der Waals surface area contributed by atoms with Gasteiger partial charge in [0.05, 0.1) is 4.92 Å². The molecule has 0 saturated carbocycles. The van der Waals surface area contributed by atoms with Crippen LogP contribution in [0.4, 0.5) is 5.69 Å². The lowest BCUT2D eigenvalue weighted by Crippen LogP contribution is -2.28. The third-order valence-corrected chi connectivity index (χ3v) is 3.50. The molecule has 4 heteroatoms. The highest BCUT2D eigenvalue weighted by molar-refractivity contribution is 5.41. The molecule has 0 bridgehead atoms. The number of benzene rings is 1. The molecule has 2 rings (SSSR count). The Kier molecular flexibility index (Phi) is 3.34. The van der Waals surface area contributed by atoms with E-state index in [-0.39, 0.29) is 16.0 Å². The normalized spacial score (nSPS) is 11.3. The van der Waals surface area contributed by atoms with E-state index in [1.807, 2.05) is 36.1 Å². The van der Waals surface area contributed by atoms with Crippen molar-refractivity contribution in [3.05, 3.63) is 70.0 Å². The van der Waals surface area contributed by atoms with E-state index >= 15 is 0 Å². The standard InChI is InChI=1S/C15H17N2O2/c1-15(2,13-8-10-16(3)11-9-13)12-4-6-14(7-5-12)17(18)19/h4-11H,1-3H3/q+1. The van der Waals surface area contributed by atoms with E-state index in [1.54, 1.807) is 12.1 Å². The number of nitro groups is 1. The van der Waals surface area contributed by atoms with E-state index in [9.17, 15) is 10.1 Å². The molecule has 0 saturated heterocycles. The maximum atomic E-state index is 10.7. The number of hydrogen-bond donors (Lipinski definition) is 0. The Bertz CT molecular complexity index is 587. The van der Waals surface area contributed by atoms with Crippen LogP contribution in [0.5, 0.6) is 0 Å². The summed E-state index contributed by atoms with van der Waals surface area (Å²) in [5, 5.41) is 10.7. The van der Waals surface area contributed by atoms with Gasteiger partial charge in [-0.05, 0) is 11.1 Å². The molecule has 0 aliphatic heterocycles. The predicted octanol–water partition coefficient (Wildman–Crippen LogP) is 2.75. The van der Waals surface area contributed by atoms with Gasteiger partial charge in [-0.1, -0.05) is 26.0 Å². The Labute approximate surface area is 112 Å². The fourth-order valence-electron chi connectivity index (χ4n) is 2.08. The monoisotopic (exact) mass is 257 g/mol. The molecule has 0 amide bonds. The van der Waals surface area contributed by atoms with Crippen molar-refractivity contribution in [3.63, 3.8) is 0 Å². The summed E-state index contributed by atoms with van der Waals surface area (Å²) in [5.74, 6) is 0. The molecular weight excluding hydrogens is 240 g/mol. The Hall–Kier alpha value is -2.23. The summed E-state index contributed by atoms with van der Waals surface area (Å²) in [4.78, 5) is 10.3. The van der Waals surface area contributed by atoms with E-state index in [0.29, 0.717) is 0 Å². The van der Waals surface area contributed by atoms with Gasteiger partial charge in [-0.15, -0.1) is 0 Å². The van der Waals surface area contributed by atoms with E-state index < -0.39 is 0 Å². The molecule has 1 heterocycles. The molecule has 0 aliphatic rings. The highest BCUT2D eigenvalue weighted by Gasteiger charge is 2.24. The van der Waals surface area contributed by atoms with E-state index in [2.05, 4.69) is 26.0 Å². The van der Waals surface area contributed by atoms with Gasteiger partial charge < -0.3 is 0 Å². The van der Waals surface area contributed by atoms with Crippen LogP contribution in [0.15, 0.2) is 48.8 Å². The van der Waals surface area contributed by atoms with Crippen molar-refractivity contribution in [2.24, 2.45) is 7.05 Å². The first-order valence-corrected chi connectivity index (χ1v) is 6.12. The molecule has 0 unspecified atom stereocenters. The summed E-state index contributed by atoms with van der Waals surface area (Å²) in [6.45, 7) is 4.23. The van der Waals surface area contributed by atoms with Gasteiger partial charge in [0.15, 0.2) is 12.4 Å². The SMILES string of the molecule is C[n+]1ccc(C(C)(C)c2ccc([N+](=O)[O-])cc2)cc1. The van der Waals surface area contributed by atoms with Crippen molar-refractivity contribution in [2.75, 3.05) is 0 Å². The van der Waals surface area contributed by atoms with Crippen LogP contribution in [-0.4, -0.2) is 4.92 Å². The number of aromatic nitrogens is 1. The lowest BCUT2D eigenvalue weighted by atomic mass is 9.78. The number of rotatable bonds is 3. The molecular formula is C15H17N2O2+. The minimum absolute atomic E-state index is 0.124. The molecule has 0 atom stereocenters. The van der Waals surface area contributed by atoms with Gasteiger partial charge >= 0.3 is 0 Å². The number of nitro benzene ring substituents is 1. The zero-order valence-electron chi connectivity index (χ0n) is 11.3. The molecule has 0 N–H and O–H groups in total. The van der Waals surface area contributed by atoms with Gasteiger partial charge in [-0.25, -0.2) is 4.57 Å². The molecule has 1 aromatic carbocycles. The van der Waals surface area contributed by atoms with Gasteiger partial charge in [-0.2, -0.15) is 0 Å². The Morgan fingerprint density at radius 1 is 1.00 bits per heavy atom. The van der Waals surface area contributed by atoms with Crippen LogP contribution in [0.25, 0.3) is 0 Å².